The Hall–Kier alpha value is -2.11. The van der Waals surface area contributed by atoms with Gasteiger partial charge in [0.25, 0.3) is 0 Å². The third-order valence-corrected chi connectivity index (χ3v) is 6.37. The average Bonchev–Trinajstić information content (AvgIpc) is 3.14. The molecule has 0 saturated carbocycles. The molecular weight excluding hydrogens is 358 g/mol. The number of ether oxygens (including phenoxy) is 1. The molecule has 1 aromatic carbocycles. The summed E-state index contributed by atoms with van der Waals surface area (Å²) in [6.45, 7) is 9.15. The van der Waals surface area contributed by atoms with Crippen molar-refractivity contribution in [1.29, 1.82) is 0 Å². The Bertz CT molecular complexity index is 904. The molecule has 2 aliphatic rings. The van der Waals surface area contributed by atoms with Crippen molar-refractivity contribution in [2.24, 2.45) is 11.8 Å². The Balaban J connectivity index is 1.65. The number of carbonyl (C=O) groups excluding carboxylic acids is 1. The van der Waals surface area contributed by atoms with Gasteiger partial charge in [0.15, 0.2) is 5.76 Å². The summed E-state index contributed by atoms with van der Waals surface area (Å²) in [5.74, 6) is 2.20. The van der Waals surface area contributed by atoms with Gasteiger partial charge in [-0.15, -0.1) is 11.3 Å². The maximum absolute atomic E-state index is 12.8. The molecule has 1 fully saturated rings. The zero-order valence-corrected chi connectivity index (χ0v) is 16.8. The zero-order chi connectivity index (χ0) is 19.1. The minimum atomic E-state index is -0.112. The molecule has 2 atom stereocenters. The van der Waals surface area contributed by atoms with Crippen LogP contribution in [0.3, 0.4) is 0 Å². The van der Waals surface area contributed by atoms with Crippen molar-refractivity contribution in [3.8, 4) is 11.5 Å². The SMILES string of the molecule is Cc1ccsc1/C=C1\Oc2c(ccc(O)c2CN2C[C@H](C)C[C@@H](C)C2)C1=O. The number of aromatic hydroxyl groups is 1. The summed E-state index contributed by atoms with van der Waals surface area (Å²) in [4.78, 5) is 16.2. The molecule has 5 heteroatoms. The number of phenols is 1. The minimum absolute atomic E-state index is 0.112. The van der Waals surface area contributed by atoms with E-state index in [0.29, 0.717) is 41.0 Å². The molecular formula is C22H25NO3S. The van der Waals surface area contributed by atoms with Crippen molar-refractivity contribution < 1.29 is 14.6 Å². The summed E-state index contributed by atoms with van der Waals surface area (Å²) < 4.78 is 5.99. The van der Waals surface area contributed by atoms with Gasteiger partial charge < -0.3 is 9.84 Å². The number of carbonyl (C=O) groups is 1. The van der Waals surface area contributed by atoms with Crippen molar-refractivity contribution in [3.05, 3.63) is 50.9 Å². The quantitative estimate of drug-likeness (QED) is 0.769. The van der Waals surface area contributed by atoms with Gasteiger partial charge in [-0.2, -0.15) is 0 Å². The Morgan fingerprint density at radius 3 is 2.67 bits per heavy atom. The first kappa shape index (κ1) is 18.3. The predicted molar refractivity (Wildman–Crippen MR) is 108 cm³/mol. The summed E-state index contributed by atoms with van der Waals surface area (Å²) in [7, 11) is 0. The number of nitrogens with zero attached hydrogens (tertiary/aromatic N) is 1. The first-order chi connectivity index (χ1) is 12.9. The fraction of sp³-hybridized carbons (Fsp3) is 0.409. The molecule has 3 heterocycles. The Morgan fingerprint density at radius 2 is 2.00 bits per heavy atom. The van der Waals surface area contributed by atoms with Crippen LogP contribution < -0.4 is 4.74 Å². The highest BCUT2D eigenvalue weighted by atomic mass is 32.1. The molecule has 2 aliphatic heterocycles. The Morgan fingerprint density at radius 1 is 1.26 bits per heavy atom. The summed E-state index contributed by atoms with van der Waals surface area (Å²) >= 11 is 1.59. The average molecular weight is 384 g/mol. The van der Waals surface area contributed by atoms with E-state index in [1.807, 2.05) is 24.4 Å². The highest BCUT2D eigenvalue weighted by Gasteiger charge is 2.32. The number of aryl methyl sites for hydroxylation is 1. The lowest BCUT2D eigenvalue weighted by Crippen LogP contribution is -2.38. The summed E-state index contributed by atoms with van der Waals surface area (Å²) in [6, 6.07) is 5.31. The standard InChI is InChI=1S/C22H25NO3S/c1-13-8-14(2)11-23(10-13)12-17-18(24)5-4-16-21(25)19(26-22(16)17)9-20-15(3)6-7-27-20/h4-7,9,13-14,24H,8,10-12H2,1-3H3/b19-9-/t13-,14-/m1/s1. The zero-order valence-electron chi connectivity index (χ0n) is 16.0. The van der Waals surface area contributed by atoms with Crippen molar-refractivity contribution in [2.75, 3.05) is 13.1 Å². The number of Topliss-reactive ketones (excluding diaryl/α,β-unsaturated/α-hetero) is 1. The lowest BCUT2D eigenvalue weighted by Gasteiger charge is -2.35. The molecule has 0 aliphatic carbocycles. The van der Waals surface area contributed by atoms with Crippen molar-refractivity contribution >= 4 is 23.2 Å². The second kappa shape index (κ2) is 7.13. The van der Waals surface area contributed by atoms with Crippen LogP contribution in [0.15, 0.2) is 29.3 Å². The van der Waals surface area contributed by atoms with E-state index in [9.17, 15) is 9.90 Å². The van der Waals surface area contributed by atoms with Crippen LogP contribution in [0.4, 0.5) is 0 Å². The van der Waals surface area contributed by atoms with Gasteiger partial charge in [0.1, 0.15) is 11.5 Å². The monoisotopic (exact) mass is 383 g/mol. The second-order valence-electron chi connectivity index (χ2n) is 7.99. The molecule has 0 unspecified atom stereocenters. The van der Waals surface area contributed by atoms with E-state index in [2.05, 4.69) is 18.7 Å². The van der Waals surface area contributed by atoms with E-state index in [4.69, 9.17) is 4.74 Å². The fourth-order valence-corrected chi connectivity index (χ4v) is 5.09. The topological polar surface area (TPSA) is 49.8 Å². The number of hydrogen-bond donors (Lipinski definition) is 1. The van der Waals surface area contributed by atoms with Crippen molar-refractivity contribution in [3.63, 3.8) is 0 Å². The summed E-state index contributed by atoms with van der Waals surface area (Å²) in [5.41, 5.74) is 2.38. The molecule has 0 spiro atoms. The van der Waals surface area contributed by atoms with Crippen LogP contribution >= 0.6 is 11.3 Å². The summed E-state index contributed by atoms with van der Waals surface area (Å²) in [6.07, 6.45) is 3.05. The molecule has 1 aromatic heterocycles. The normalized spacial score (nSPS) is 24.3. The lowest BCUT2D eigenvalue weighted by atomic mass is 9.91. The maximum atomic E-state index is 12.8. The third kappa shape index (κ3) is 3.54. The molecule has 142 valence electrons. The van der Waals surface area contributed by atoms with Crippen LogP contribution in [-0.2, 0) is 6.54 Å². The first-order valence-corrected chi connectivity index (χ1v) is 10.4. The van der Waals surface area contributed by atoms with Gasteiger partial charge in [-0.3, -0.25) is 9.69 Å². The highest BCUT2D eigenvalue weighted by molar-refractivity contribution is 7.11. The molecule has 0 bridgehead atoms. The lowest BCUT2D eigenvalue weighted by molar-refractivity contribution is 0.101. The number of thiophene rings is 1. The number of piperidine rings is 1. The largest absolute Gasteiger partial charge is 0.507 e. The Kier molecular flexibility index (Phi) is 4.82. The fourth-order valence-electron chi connectivity index (χ4n) is 4.25. The van der Waals surface area contributed by atoms with Gasteiger partial charge in [-0.25, -0.2) is 0 Å². The predicted octanol–water partition coefficient (Wildman–Crippen LogP) is 4.86. The Labute approximate surface area is 164 Å². The van der Waals surface area contributed by atoms with Crippen molar-refractivity contribution in [2.45, 2.75) is 33.7 Å². The smallest absolute Gasteiger partial charge is 0.232 e. The molecule has 2 aromatic rings. The van der Waals surface area contributed by atoms with Gasteiger partial charge in [-0.05, 0) is 54.3 Å². The number of benzene rings is 1. The number of hydrogen-bond acceptors (Lipinski definition) is 5. The van der Waals surface area contributed by atoms with Gasteiger partial charge >= 0.3 is 0 Å². The molecule has 27 heavy (non-hydrogen) atoms. The number of rotatable bonds is 3. The van der Waals surface area contributed by atoms with Crippen LogP contribution in [0.1, 0.15) is 46.6 Å². The molecule has 1 saturated heterocycles. The minimum Gasteiger partial charge on any atom is -0.507 e. The van der Waals surface area contributed by atoms with Gasteiger partial charge in [0.2, 0.25) is 5.78 Å². The molecule has 4 nitrogen and oxygen atoms in total. The van der Waals surface area contributed by atoms with E-state index in [1.54, 1.807) is 23.5 Å². The number of phenolic OH excluding ortho intramolecular Hbond substituents is 1. The van der Waals surface area contributed by atoms with Crippen LogP contribution in [-0.4, -0.2) is 28.9 Å². The van der Waals surface area contributed by atoms with Gasteiger partial charge in [-0.1, -0.05) is 13.8 Å². The molecule has 0 radical (unpaired) electrons. The number of fused-ring (bicyclic) bond motifs is 1. The summed E-state index contributed by atoms with van der Waals surface area (Å²) in [5, 5.41) is 12.5. The number of ketones is 1. The van der Waals surface area contributed by atoms with E-state index >= 15 is 0 Å². The molecule has 1 N–H and O–H groups in total. The maximum Gasteiger partial charge on any atom is 0.232 e. The van der Waals surface area contributed by atoms with Crippen LogP contribution in [0.2, 0.25) is 0 Å². The van der Waals surface area contributed by atoms with Gasteiger partial charge in [0, 0.05) is 30.6 Å². The second-order valence-corrected chi connectivity index (χ2v) is 8.94. The third-order valence-electron chi connectivity index (χ3n) is 5.41. The van der Waals surface area contributed by atoms with Crippen LogP contribution in [0.5, 0.6) is 11.5 Å². The van der Waals surface area contributed by atoms with E-state index in [-0.39, 0.29) is 11.5 Å². The van der Waals surface area contributed by atoms with E-state index < -0.39 is 0 Å². The van der Waals surface area contributed by atoms with Gasteiger partial charge in [0.05, 0.1) is 11.1 Å². The highest BCUT2D eigenvalue weighted by Crippen LogP contribution is 2.41. The van der Waals surface area contributed by atoms with E-state index in [0.717, 1.165) is 23.5 Å². The van der Waals surface area contributed by atoms with Crippen molar-refractivity contribution in [1.82, 2.24) is 4.90 Å². The molecule has 0 amide bonds. The number of likely N-dealkylation sites (tertiary alicyclic amines) is 1. The van der Waals surface area contributed by atoms with Crippen LogP contribution in [0, 0.1) is 18.8 Å². The van der Waals surface area contributed by atoms with E-state index in [1.165, 1.54) is 6.42 Å². The number of allylic oxidation sites excluding steroid dienone is 1. The molecule has 4 rings (SSSR count). The van der Waals surface area contributed by atoms with Crippen LogP contribution in [0.25, 0.3) is 6.08 Å². The first-order valence-electron chi connectivity index (χ1n) is 9.48.